The van der Waals surface area contributed by atoms with Crippen molar-refractivity contribution in [3.63, 3.8) is 0 Å². The normalized spacial score (nSPS) is 18.3. The summed E-state index contributed by atoms with van der Waals surface area (Å²) in [6.45, 7) is 4.38. The first kappa shape index (κ1) is 14.1. The number of anilines is 1. The summed E-state index contributed by atoms with van der Waals surface area (Å²) < 4.78 is 5.97. The molecule has 2 aromatic heterocycles. The van der Waals surface area contributed by atoms with Gasteiger partial charge in [-0.1, -0.05) is 29.8 Å². The van der Waals surface area contributed by atoms with Crippen LogP contribution in [0.2, 0.25) is 0 Å². The van der Waals surface area contributed by atoms with Gasteiger partial charge in [0.25, 0.3) is 0 Å². The van der Waals surface area contributed by atoms with Gasteiger partial charge < -0.3 is 9.64 Å². The maximum absolute atomic E-state index is 5.97. The lowest BCUT2D eigenvalue weighted by molar-refractivity contribution is 0.0396. The minimum atomic E-state index is 0.0611. The van der Waals surface area contributed by atoms with Crippen molar-refractivity contribution in [2.75, 3.05) is 24.6 Å². The number of rotatable bonds is 2. The molecule has 3 aromatic rings. The maximum Gasteiger partial charge on any atom is 0.164 e. The number of aromatic nitrogens is 3. The van der Waals surface area contributed by atoms with Crippen molar-refractivity contribution in [2.24, 2.45) is 0 Å². The molecule has 0 radical (unpaired) electrons. The average molecular weight is 306 g/mol. The van der Waals surface area contributed by atoms with Crippen LogP contribution < -0.4 is 4.90 Å². The van der Waals surface area contributed by atoms with Crippen LogP contribution in [-0.2, 0) is 4.74 Å². The van der Waals surface area contributed by atoms with Gasteiger partial charge >= 0.3 is 0 Å². The zero-order valence-corrected chi connectivity index (χ0v) is 13.0. The lowest BCUT2D eigenvalue weighted by Crippen LogP contribution is -2.39. The predicted molar refractivity (Wildman–Crippen MR) is 89.4 cm³/mol. The van der Waals surface area contributed by atoms with E-state index in [9.17, 15) is 0 Å². The lowest BCUT2D eigenvalue weighted by atomic mass is 10.1. The Hall–Kier alpha value is -2.53. The first-order valence-electron chi connectivity index (χ1n) is 7.80. The third-order valence-corrected chi connectivity index (χ3v) is 4.20. The van der Waals surface area contributed by atoms with Crippen LogP contribution in [0.25, 0.3) is 11.0 Å². The van der Waals surface area contributed by atoms with Gasteiger partial charge in [-0.25, -0.2) is 15.0 Å². The van der Waals surface area contributed by atoms with E-state index in [4.69, 9.17) is 4.74 Å². The molecule has 116 valence electrons. The quantitative estimate of drug-likeness (QED) is 0.728. The van der Waals surface area contributed by atoms with E-state index in [1.807, 2.05) is 12.1 Å². The molecule has 5 nitrogen and oxygen atoms in total. The molecule has 1 atom stereocenters. The second kappa shape index (κ2) is 5.93. The highest BCUT2D eigenvalue weighted by Crippen LogP contribution is 2.28. The van der Waals surface area contributed by atoms with Gasteiger partial charge in [-0.05, 0) is 24.6 Å². The zero-order valence-electron chi connectivity index (χ0n) is 13.0. The molecule has 0 aliphatic carbocycles. The van der Waals surface area contributed by atoms with Crippen LogP contribution in [0.15, 0.2) is 48.9 Å². The summed E-state index contributed by atoms with van der Waals surface area (Å²) in [4.78, 5) is 15.3. The van der Waals surface area contributed by atoms with Crippen molar-refractivity contribution < 1.29 is 4.74 Å². The van der Waals surface area contributed by atoms with E-state index in [0.29, 0.717) is 6.61 Å². The Kier molecular flexibility index (Phi) is 3.63. The highest BCUT2D eigenvalue weighted by molar-refractivity contribution is 5.86. The Labute approximate surface area is 135 Å². The number of fused-ring (bicyclic) bond motifs is 1. The van der Waals surface area contributed by atoms with Gasteiger partial charge in [0, 0.05) is 19.3 Å². The van der Waals surface area contributed by atoms with Crippen LogP contribution in [0, 0.1) is 6.92 Å². The summed E-state index contributed by atoms with van der Waals surface area (Å²) in [5.74, 6) is 0.934. The molecule has 0 amide bonds. The second-order valence-electron chi connectivity index (χ2n) is 5.79. The molecule has 0 saturated carbocycles. The molecular weight excluding hydrogens is 288 g/mol. The predicted octanol–water partition coefficient (Wildman–Crippen LogP) is 2.91. The van der Waals surface area contributed by atoms with Gasteiger partial charge in [-0.3, -0.25) is 0 Å². The molecule has 1 unspecified atom stereocenters. The first-order chi connectivity index (χ1) is 11.3. The average Bonchev–Trinajstić information content (AvgIpc) is 2.62. The highest BCUT2D eigenvalue weighted by atomic mass is 16.5. The number of hydrogen-bond acceptors (Lipinski definition) is 5. The molecule has 1 aliphatic heterocycles. The molecule has 0 N–H and O–H groups in total. The number of morpholine rings is 1. The van der Waals surface area contributed by atoms with E-state index >= 15 is 0 Å². The molecule has 0 bridgehead atoms. The summed E-state index contributed by atoms with van der Waals surface area (Å²) in [6, 6.07) is 12.5. The summed E-state index contributed by atoms with van der Waals surface area (Å²) in [7, 11) is 0. The molecule has 0 spiro atoms. The largest absolute Gasteiger partial charge is 0.370 e. The number of aryl methyl sites for hydroxylation is 1. The molecule has 1 saturated heterocycles. The van der Waals surface area contributed by atoms with E-state index < -0.39 is 0 Å². The van der Waals surface area contributed by atoms with E-state index in [0.717, 1.165) is 29.9 Å². The molecular formula is C18H18N4O. The fraction of sp³-hybridized carbons (Fsp3) is 0.278. The summed E-state index contributed by atoms with van der Waals surface area (Å²) in [5.41, 5.74) is 3.20. The van der Waals surface area contributed by atoms with E-state index in [1.165, 1.54) is 11.1 Å². The Morgan fingerprint density at radius 2 is 1.96 bits per heavy atom. The lowest BCUT2D eigenvalue weighted by Gasteiger charge is -2.34. The van der Waals surface area contributed by atoms with Gasteiger partial charge in [0.15, 0.2) is 5.65 Å². The number of hydrogen-bond donors (Lipinski definition) is 0. The molecule has 1 aliphatic rings. The zero-order chi connectivity index (χ0) is 15.6. The van der Waals surface area contributed by atoms with Gasteiger partial charge in [0.05, 0.1) is 12.0 Å². The number of pyridine rings is 1. The van der Waals surface area contributed by atoms with Crippen LogP contribution in [-0.4, -0.2) is 34.6 Å². The van der Waals surface area contributed by atoms with E-state index in [-0.39, 0.29) is 6.10 Å². The Morgan fingerprint density at radius 3 is 2.83 bits per heavy atom. The van der Waals surface area contributed by atoms with Crippen LogP contribution in [0.3, 0.4) is 0 Å². The van der Waals surface area contributed by atoms with Crippen molar-refractivity contribution in [1.82, 2.24) is 15.0 Å². The number of ether oxygens (including phenoxy) is 1. The molecule has 4 rings (SSSR count). The Morgan fingerprint density at radius 1 is 1.09 bits per heavy atom. The topological polar surface area (TPSA) is 51.1 Å². The third kappa shape index (κ3) is 2.75. The van der Waals surface area contributed by atoms with E-state index in [1.54, 1.807) is 12.5 Å². The summed E-state index contributed by atoms with van der Waals surface area (Å²) in [6.07, 6.45) is 3.40. The van der Waals surface area contributed by atoms with Crippen molar-refractivity contribution in [2.45, 2.75) is 13.0 Å². The van der Waals surface area contributed by atoms with Crippen LogP contribution in [0.4, 0.5) is 5.82 Å². The number of nitrogens with zero attached hydrogens (tertiary/aromatic N) is 4. The van der Waals surface area contributed by atoms with Crippen LogP contribution in [0.5, 0.6) is 0 Å². The SMILES string of the molecule is Cc1ccc(C2CN(c3ncnc4ncccc34)CCO2)cc1. The second-order valence-corrected chi connectivity index (χ2v) is 5.79. The Bertz CT molecular complexity index is 813. The van der Waals surface area contributed by atoms with Crippen molar-refractivity contribution in [3.05, 3.63) is 60.0 Å². The van der Waals surface area contributed by atoms with Gasteiger partial charge in [0.1, 0.15) is 18.2 Å². The summed E-state index contributed by atoms with van der Waals surface area (Å²) >= 11 is 0. The monoisotopic (exact) mass is 306 g/mol. The van der Waals surface area contributed by atoms with Crippen LogP contribution in [0.1, 0.15) is 17.2 Å². The Balaban J connectivity index is 1.65. The highest BCUT2D eigenvalue weighted by Gasteiger charge is 2.24. The molecule has 1 fully saturated rings. The van der Waals surface area contributed by atoms with Gasteiger partial charge in [-0.15, -0.1) is 0 Å². The smallest absolute Gasteiger partial charge is 0.164 e. The minimum absolute atomic E-state index is 0.0611. The van der Waals surface area contributed by atoms with Crippen molar-refractivity contribution >= 4 is 16.9 Å². The van der Waals surface area contributed by atoms with Crippen LogP contribution >= 0.6 is 0 Å². The van der Waals surface area contributed by atoms with Crippen molar-refractivity contribution in [1.29, 1.82) is 0 Å². The standard InChI is InChI=1S/C18H18N4O/c1-13-4-6-14(7-5-13)16-11-22(9-10-23-16)18-15-3-2-8-19-17(15)20-12-21-18/h2-8,12,16H,9-11H2,1H3. The fourth-order valence-corrected chi connectivity index (χ4v) is 2.96. The third-order valence-electron chi connectivity index (χ3n) is 4.20. The van der Waals surface area contributed by atoms with E-state index in [2.05, 4.69) is 51.0 Å². The van der Waals surface area contributed by atoms with Gasteiger partial charge in [-0.2, -0.15) is 0 Å². The molecule has 23 heavy (non-hydrogen) atoms. The van der Waals surface area contributed by atoms with Crippen molar-refractivity contribution in [3.8, 4) is 0 Å². The molecule has 5 heteroatoms. The first-order valence-corrected chi connectivity index (χ1v) is 7.80. The molecule has 3 heterocycles. The van der Waals surface area contributed by atoms with Gasteiger partial charge in [0.2, 0.25) is 0 Å². The summed E-state index contributed by atoms with van der Waals surface area (Å²) in [5, 5.41) is 0.986. The fourth-order valence-electron chi connectivity index (χ4n) is 2.96. The minimum Gasteiger partial charge on any atom is -0.370 e. The molecule has 1 aromatic carbocycles. The maximum atomic E-state index is 5.97. The number of benzene rings is 1.